The smallest absolute Gasteiger partial charge is 0.187 e. The summed E-state index contributed by atoms with van der Waals surface area (Å²) in [7, 11) is 0. The van der Waals surface area contributed by atoms with Crippen LogP contribution in [0.2, 0.25) is 0 Å². The van der Waals surface area contributed by atoms with Gasteiger partial charge in [0.25, 0.3) is 0 Å². The van der Waals surface area contributed by atoms with Crippen molar-refractivity contribution in [3.05, 3.63) is 53.7 Å². The molecule has 0 bridgehead atoms. The van der Waals surface area contributed by atoms with E-state index in [9.17, 15) is 0 Å². The fourth-order valence-electron chi connectivity index (χ4n) is 1.87. The van der Waals surface area contributed by atoms with E-state index in [1.54, 1.807) is 17.5 Å². The first-order valence-electron chi connectivity index (χ1n) is 7.21. The Morgan fingerprint density at radius 1 is 1.18 bits per heavy atom. The van der Waals surface area contributed by atoms with Gasteiger partial charge in [0.15, 0.2) is 5.13 Å². The largest absolute Gasteiger partial charge is 0.399 e. The average molecular weight is 312 g/mol. The number of nitrogens with two attached hydrogens (primary N) is 1. The lowest BCUT2D eigenvalue weighted by atomic mass is 10.2. The summed E-state index contributed by atoms with van der Waals surface area (Å²) in [6, 6.07) is 9.71. The molecule has 0 unspecified atom stereocenters. The van der Waals surface area contributed by atoms with Gasteiger partial charge in [0.2, 0.25) is 0 Å². The fraction of sp³-hybridized carbons (Fsp3) is 0.176. The minimum Gasteiger partial charge on any atom is -0.399 e. The third kappa shape index (κ3) is 3.83. The minimum atomic E-state index is 0.738. The number of benzene rings is 1. The maximum atomic E-state index is 5.81. The summed E-state index contributed by atoms with van der Waals surface area (Å²) in [6.45, 7) is 6.04. The summed E-state index contributed by atoms with van der Waals surface area (Å²) in [5.74, 6) is 0. The third-order valence-electron chi connectivity index (χ3n) is 2.96. The van der Waals surface area contributed by atoms with E-state index in [1.807, 2.05) is 62.7 Å². The van der Waals surface area contributed by atoms with E-state index in [2.05, 4.69) is 15.3 Å². The molecule has 5 heteroatoms. The highest BCUT2D eigenvalue weighted by atomic mass is 32.1. The first kappa shape index (κ1) is 16.0. The van der Waals surface area contributed by atoms with Gasteiger partial charge >= 0.3 is 0 Å². The zero-order chi connectivity index (χ0) is 15.9. The summed E-state index contributed by atoms with van der Waals surface area (Å²) < 4.78 is 0. The second-order valence-corrected chi connectivity index (χ2v) is 5.34. The first-order valence-corrected chi connectivity index (χ1v) is 8.09. The Balaban J connectivity index is 0.000000847. The molecular weight excluding hydrogens is 292 g/mol. The van der Waals surface area contributed by atoms with Gasteiger partial charge in [0.1, 0.15) is 0 Å². The molecule has 3 aromatic rings. The number of nitrogens with one attached hydrogen (secondary N) is 1. The van der Waals surface area contributed by atoms with Gasteiger partial charge in [-0.15, -0.1) is 11.3 Å². The highest BCUT2D eigenvalue weighted by Crippen LogP contribution is 2.28. The van der Waals surface area contributed by atoms with Crippen LogP contribution in [-0.4, -0.2) is 9.97 Å². The molecule has 0 aliphatic carbocycles. The van der Waals surface area contributed by atoms with Crippen LogP contribution in [0.3, 0.4) is 0 Å². The molecular formula is C17H20N4S. The lowest BCUT2D eigenvalue weighted by Gasteiger charge is -2.07. The van der Waals surface area contributed by atoms with Gasteiger partial charge in [0.05, 0.1) is 5.69 Å². The van der Waals surface area contributed by atoms with Crippen LogP contribution in [0.15, 0.2) is 48.1 Å². The molecule has 114 valence electrons. The molecule has 4 nitrogen and oxygen atoms in total. The SMILES string of the molecule is CC.Cc1ccc(N)cc1Nc1nc(-c2cccnc2)cs1. The molecule has 0 saturated carbocycles. The summed E-state index contributed by atoms with van der Waals surface area (Å²) in [6.07, 6.45) is 3.57. The molecule has 2 heterocycles. The van der Waals surface area contributed by atoms with E-state index >= 15 is 0 Å². The summed E-state index contributed by atoms with van der Waals surface area (Å²) >= 11 is 1.56. The Bertz CT molecular complexity index is 723. The molecule has 0 radical (unpaired) electrons. The van der Waals surface area contributed by atoms with E-state index in [0.29, 0.717) is 0 Å². The molecule has 2 aromatic heterocycles. The van der Waals surface area contributed by atoms with Gasteiger partial charge in [-0.25, -0.2) is 4.98 Å². The molecule has 1 aromatic carbocycles. The van der Waals surface area contributed by atoms with Crippen molar-refractivity contribution in [2.45, 2.75) is 20.8 Å². The van der Waals surface area contributed by atoms with Crippen LogP contribution in [0.1, 0.15) is 19.4 Å². The van der Waals surface area contributed by atoms with Crippen LogP contribution >= 0.6 is 11.3 Å². The van der Waals surface area contributed by atoms with E-state index in [-0.39, 0.29) is 0 Å². The van der Waals surface area contributed by atoms with E-state index in [4.69, 9.17) is 5.73 Å². The number of hydrogen-bond donors (Lipinski definition) is 2. The number of aryl methyl sites for hydroxylation is 1. The molecule has 0 aliphatic rings. The van der Waals surface area contributed by atoms with Crippen LogP contribution in [0, 0.1) is 6.92 Å². The minimum absolute atomic E-state index is 0.738. The lowest BCUT2D eigenvalue weighted by molar-refractivity contribution is 1.30. The molecule has 0 spiro atoms. The van der Waals surface area contributed by atoms with Crippen molar-refractivity contribution < 1.29 is 0 Å². The number of pyridine rings is 1. The van der Waals surface area contributed by atoms with Crippen molar-refractivity contribution in [1.29, 1.82) is 0 Å². The number of thiazole rings is 1. The Labute approximate surface area is 135 Å². The predicted molar refractivity (Wildman–Crippen MR) is 95.6 cm³/mol. The molecule has 0 saturated heterocycles. The number of anilines is 3. The van der Waals surface area contributed by atoms with Crippen molar-refractivity contribution in [1.82, 2.24) is 9.97 Å². The third-order valence-corrected chi connectivity index (χ3v) is 3.72. The Hall–Kier alpha value is -2.40. The van der Waals surface area contributed by atoms with Crippen LogP contribution in [0.4, 0.5) is 16.5 Å². The summed E-state index contributed by atoms with van der Waals surface area (Å²) in [5.41, 5.74) is 10.6. The average Bonchev–Trinajstić information content (AvgIpc) is 3.02. The van der Waals surface area contributed by atoms with E-state index in [1.165, 1.54) is 0 Å². The van der Waals surface area contributed by atoms with Crippen molar-refractivity contribution >= 4 is 27.8 Å². The van der Waals surface area contributed by atoms with Gasteiger partial charge in [-0.05, 0) is 36.8 Å². The number of nitrogens with zero attached hydrogens (tertiary/aromatic N) is 2. The molecule has 0 aliphatic heterocycles. The number of rotatable bonds is 3. The number of nitrogen functional groups attached to an aromatic ring is 1. The maximum Gasteiger partial charge on any atom is 0.187 e. The van der Waals surface area contributed by atoms with Crippen molar-refractivity contribution in [3.63, 3.8) is 0 Å². The van der Waals surface area contributed by atoms with Crippen molar-refractivity contribution in [2.75, 3.05) is 11.1 Å². The molecule has 3 N–H and O–H groups in total. The Morgan fingerprint density at radius 3 is 2.73 bits per heavy atom. The van der Waals surface area contributed by atoms with E-state index in [0.717, 1.165) is 33.3 Å². The standard InChI is InChI=1S/C15H14N4S.C2H6/c1-10-4-5-12(16)7-13(10)18-15-19-14(9-20-15)11-3-2-6-17-8-11;1-2/h2-9H,16H2,1H3,(H,18,19);1-2H3. The van der Waals surface area contributed by atoms with E-state index < -0.39 is 0 Å². The normalized spacial score (nSPS) is 9.77. The van der Waals surface area contributed by atoms with Gasteiger partial charge in [-0.1, -0.05) is 19.9 Å². The van der Waals surface area contributed by atoms with Crippen LogP contribution in [0.5, 0.6) is 0 Å². The molecule has 0 amide bonds. The zero-order valence-corrected chi connectivity index (χ0v) is 13.8. The maximum absolute atomic E-state index is 5.81. The topological polar surface area (TPSA) is 63.8 Å². The highest BCUT2D eigenvalue weighted by molar-refractivity contribution is 7.14. The second-order valence-electron chi connectivity index (χ2n) is 4.48. The Morgan fingerprint density at radius 2 is 2.00 bits per heavy atom. The summed E-state index contributed by atoms with van der Waals surface area (Å²) in [4.78, 5) is 8.68. The van der Waals surface area contributed by atoms with Crippen LogP contribution in [-0.2, 0) is 0 Å². The van der Waals surface area contributed by atoms with Gasteiger partial charge in [-0.3, -0.25) is 4.98 Å². The quantitative estimate of drug-likeness (QED) is 0.677. The number of aromatic nitrogens is 2. The molecule has 0 fully saturated rings. The molecule has 3 rings (SSSR count). The first-order chi connectivity index (χ1) is 10.7. The predicted octanol–water partition coefficient (Wildman–Crippen LogP) is 4.87. The van der Waals surface area contributed by atoms with Gasteiger partial charge in [-0.2, -0.15) is 0 Å². The summed E-state index contributed by atoms with van der Waals surface area (Å²) in [5, 5.41) is 6.17. The Kier molecular flexibility index (Phi) is 5.49. The van der Waals surface area contributed by atoms with Crippen molar-refractivity contribution in [3.8, 4) is 11.3 Å². The lowest BCUT2D eigenvalue weighted by Crippen LogP contribution is -1.94. The van der Waals surface area contributed by atoms with Crippen LogP contribution in [0.25, 0.3) is 11.3 Å². The monoisotopic (exact) mass is 312 g/mol. The number of hydrogen-bond acceptors (Lipinski definition) is 5. The second kappa shape index (κ2) is 7.56. The molecule has 22 heavy (non-hydrogen) atoms. The molecule has 0 atom stereocenters. The van der Waals surface area contributed by atoms with Crippen molar-refractivity contribution in [2.24, 2.45) is 0 Å². The van der Waals surface area contributed by atoms with Gasteiger partial charge in [0, 0.05) is 34.7 Å². The zero-order valence-electron chi connectivity index (χ0n) is 13.0. The van der Waals surface area contributed by atoms with Gasteiger partial charge < -0.3 is 11.1 Å². The fourth-order valence-corrected chi connectivity index (χ4v) is 2.60. The highest BCUT2D eigenvalue weighted by Gasteiger charge is 2.06. The van der Waals surface area contributed by atoms with Crippen LogP contribution < -0.4 is 11.1 Å².